The molecular formula is C20H32N6. The van der Waals surface area contributed by atoms with Crippen LogP contribution >= 0.6 is 0 Å². The van der Waals surface area contributed by atoms with Crippen LogP contribution in [0.2, 0.25) is 0 Å². The first kappa shape index (κ1) is 18.8. The molecule has 6 heteroatoms. The van der Waals surface area contributed by atoms with Crippen LogP contribution in [0.3, 0.4) is 0 Å². The molecule has 0 spiro atoms. The van der Waals surface area contributed by atoms with Crippen molar-refractivity contribution in [1.82, 2.24) is 29.9 Å². The first-order valence-electron chi connectivity index (χ1n) is 10.3. The van der Waals surface area contributed by atoms with Crippen molar-refractivity contribution in [3.63, 3.8) is 0 Å². The summed E-state index contributed by atoms with van der Waals surface area (Å²) in [5.41, 5.74) is 2.89. The molecule has 3 aromatic rings. The van der Waals surface area contributed by atoms with E-state index in [4.69, 9.17) is 19.9 Å². The highest BCUT2D eigenvalue weighted by Gasteiger charge is 2.18. The van der Waals surface area contributed by atoms with Gasteiger partial charge in [0.1, 0.15) is 11.6 Å². The first-order valence-corrected chi connectivity index (χ1v) is 10.3. The fraction of sp³-hybridized carbons (Fsp3) is 0.700. The molecular weight excluding hydrogens is 324 g/mol. The van der Waals surface area contributed by atoms with E-state index in [1.54, 1.807) is 0 Å². The Labute approximate surface area is 155 Å². The molecule has 0 aromatic carbocycles. The van der Waals surface area contributed by atoms with Crippen LogP contribution in [0, 0.1) is 0 Å². The Morgan fingerprint density at radius 2 is 1.08 bits per heavy atom. The van der Waals surface area contributed by atoms with E-state index in [0.29, 0.717) is 23.1 Å². The number of imidazole rings is 2. The number of hydrogen-bond acceptors (Lipinski definition) is 4. The molecule has 142 valence electrons. The molecule has 0 radical (unpaired) electrons. The third-order valence-corrected chi connectivity index (χ3v) is 5.38. The van der Waals surface area contributed by atoms with Crippen molar-refractivity contribution in [3.05, 3.63) is 11.6 Å². The number of fused-ring (bicyclic) bond motifs is 2. The van der Waals surface area contributed by atoms with Crippen LogP contribution < -0.4 is 0 Å². The molecule has 0 fully saturated rings. The van der Waals surface area contributed by atoms with Crippen molar-refractivity contribution in [2.24, 2.45) is 0 Å². The van der Waals surface area contributed by atoms with E-state index in [-0.39, 0.29) is 0 Å². The number of nitrogens with zero attached hydrogens (tertiary/aromatic N) is 4. The Kier molecular flexibility index (Phi) is 6.22. The predicted octanol–water partition coefficient (Wildman–Crippen LogP) is 5.60. The zero-order valence-corrected chi connectivity index (χ0v) is 16.6. The summed E-state index contributed by atoms with van der Waals surface area (Å²) in [5.74, 6) is 2.93. The normalized spacial score (nSPS) is 14.3. The summed E-state index contributed by atoms with van der Waals surface area (Å²) in [6.07, 6.45) is 9.33. The maximum atomic E-state index is 4.73. The largest absolute Gasteiger partial charge is 0.325 e. The zero-order valence-electron chi connectivity index (χ0n) is 16.6. The molecule has 2 unspecified atom stereocenters. The summed E-state index contributed by atoms with van der Waals surface area (Å²) >= 11 is 0. The van der Waals surface area contributed by atoms with E-state index in [1.807, 2.05) is 0 Å². The minimum atomic E-state index is 0.450. The lowest BCUT2D eigenvalue weighted by molar-refractivity contribution is 0.548. The number of hydrogen-bond donors (Lipinski definition) is 2. The Morgan fingerprint density at radius 1 is 0.654 bits per heavy atom. The maximum Gasteiger partial charge on any atom is 0.199 e. The summed E-state index contributed by atoms with van der Waals surface area (Å²) in [5, 5.41) is 0. The molecule has 26 heavy (non-hydrogen) atoms. The highest BCUT2D eigenvalue weighted by molar-refractivity contribution is 5.78. The van der Waals surface area contributed by atoms with Crippen molar-refractivity contribution in [1.29, 1.82) is 0 Å². The molecule has 0 amide bonds. The van der Waals surface area contributed by atoms with Gasteiger partial charge in [-0.2, -0.15) is 0 Å². The number of nitrogens with one attached hydrogen (secondary N) is 2. The molecule has 0 aliphatic rings. The zero-order chi connectivity index (χ0) is 18.5. The fourth-order valence-electron chi connectivity index (χ4n) is 3.62. The summed E-state index contributed by atoms with van der Waals surface area (Å²) in [4.78, 5) is 25.6. The molecule has 2 N–H and O–H groups in total. The van der Waals surface area contributed by atoms with Gasteiger partial charge in [0.25, 0.3) is 0 Å². The van der Waals surface area contributed by atoms with E-state index in [2.05, 4.69) is 37.7 Å². The Morgan fingerprint density at radius 3 is 1.42 bits per heavy atom. The van der Waals surface area contributed by atoms with E-state index < -0.39 is 0 Å². The lowest BCUT2D eigenvalue weighted by Crippen LogP contribution is -2.00. The van der Waals surface area contributed by atoms with Gasteiger partial charge in [-0.05, 0) is 25.7 Å². The Balaban J connectivity index is 1.90. The number of H-pyrrole nitrogens is 2. The number of unbranched alkanes of at least 4 members (excludes halogenated alkanes) is 2. The number of rotatable bonds is 10. The molecule has 0 saturated heterocycles. The summed E-state index contributed by atoms with van der Waals surface area (Å²) in [6.45, 7) is 8.88. The highest BCUT2D eigenvalue weighted by atomic mass is 15.1. The van der Waals surface area contributed by atoms with Gasteiger partial charge in [-0.1, -0.05) is 53.4 Å². The van der Waals surface area contributed by atoms with Gasteiger partial charge in [-0.3, -0.25) is 0 Å². The van der Waals surface area contributed by atoms with Crippen LogP contribution in [-0.2, 0) is 0 Å². The van der Waals surface area contributed by atoms with Crippen LogP contribution in [0.5, 0.6) is 0 Å². The number of aromatic nitrogens is 6. The van der Waals surface area contributed by atoms with Gasteiger partial charge < -0.3 is 9.97 Å². The van der Waals surface area contributed by atoms with Crippen molar-refractivity contribution in [2.75, 3.05) is 0 Å². The lowest BCUT2D eigenvalue weighted by atomic mass is 9.99. The van der Waals surface area contributed by atoms with Gasteiger partial charge in [0.05, 0.1) is 0 Å². The van der Waals surface area contributed by atoms with E-state index in [9.17, 15) is 0 Å². The molecule has 0 bridgehead atoms. The second-order valence-corrected chi connectivity index (χ2v) is 7.31. The Hall–Kier alpha value is -1.98. The minimum Gasteiger partial charge on any atom is -0.325 e. The lowest BCUT2D eigenvalue weighted by Gasteiger charge is -2.10. The second kappa shape index (κ2) is 8.60. The molecule has 3 heterocycles. The van der Waals surface area contributed by atoms with Crippen LogP contribution in [0.25, 0.3) is 22.6 Å². The van der Waals surface area contributed by atoms with Crippen molar-refractivity contribution in [2.45, 2.75) is 90.9 Å². The van der Waals surface area contributed by atoms with Gasteiger partial charge >= 0.3 is 0 Å². The monoisotopic (exact) mass is 356 g/mol. The van der Waals surface area contributed by atoms with Crippen LogP contribution in [0.15, 0.2) is 0 Å². The summed E-state index contributed by atoms with van der Waals surface area (Å²) < 4.78 is 0. The second-order valence-electron chi connectivity index (χ2n) is 7.31. The van der Waals surface area contributed by atoms with Crippen LogP contribution in [0.4, 0.5) is 0 Å². The third kappa shape index (κ3) is 3.89. The predicted molar refractivity (Wildman–Crippen MR) is 106 cm³/mol. The topological polar surface area (TPSA) is 83.1 Å². The molecule has 3 aromatic heterocycles. The molecule has 6 nitrogen and oxygen atoms in total. The van der Waals surface area contributed by atoms with Crippen LogP contribution in [0.1, 0.15) is 103 Å². The third-order valence-electron chi connectivity index (χ3n) is 5.38. The van der Waals surface area contributed by atoms with E-state index >= 15 is 0 Å². The van der Waals surface area contributed by atoms with Crippen molar-refractivity contribution in [3.8, 4) is 0 Å². The molecule has 3 rings (SSSR count). The highest BCUT2D eigenvalue weighted by Crippen LogP contribution is 2.27. The molecule has 0 saturated carbocycles. The van der Waals surface area contributed by atoms with Crippen molar-refractivity contribution < 1.29 is 0 Å². The maximum absolute atomic E-state index is 4.73. The fourth-order valence-corrected chi connectivity index (χ4v) is 3.62. The van der Waals surface area contributed by atoms with Gasteiger partial charge in [-0.25, -0.2) is 19.9 Å². The quantitative estimate of drug-likeness (QED) is 0.495. The van der Waals surface area contributed by atoms with Crippen LogP contribution in [-0.4, -0.2) is 29.9 Å². The Bertz CT molecular complexity index is 717. The first-order chi connectivity index (χ1) is 12.7. The van der Waals surface area contributed by atoms with Gasteiger partial charge in [0.2, 0.25) is 0 Å². The molecule has 0 aliphatic carbocycles. The molecule has 2 atom stereocenters. The minimum absolute atomic E-state index is 0.450. The van der Waals surface area contributed by atoms with Crippen molar-refractivity contribution >= 4 is 22.6 Å². The van der Waals surface area contributed by atoms with Gasteiger partial charge in [0.15, 0.2) is 22.6 Å². The molecule has 0 aliphatic heterocycles. The average Bonchev–Trinajstić information content (AvgIpc) is 3.24. The summed E-state index contributed by atoms with van der Waals surface area (Å²) in [6, 6.07) is 0. The SMILES string of the molecule is CCCCC(CC)c1nc2nc3[nH]c(C(CC)CCCC)nc3nc2[nH]1. The smallest absolute Gasteiger partial charge is 0.199 e. The van der Waals surface area contributed by atoms with E-state index in [0.717, 1.165) is 48.6 Å². The standard InChI is InChI=1S/C20H32N6/c1-5-9-11-13(7-3)15-21-17-18(22-15)26-20-19(25-17)23-16(24-20)14(8-4)12-10-6-2/h13-14H,5-12H2,1-4H3,(H2,21,22,23,24,25,26). The van der Waals surface area contributed by atoms with Gasteiger partial charge in [-0.15, -0.1) is 0 Å². The van der Waals surface area contributed by atoms with E-state index in [1.165, 1.54) is 25.7 Å². The average molecular weight is 357 g/mol. The number of aromatic amines is 2. The van der Waals surface area contributed by atoms with Gasteiger partial charge in [0, 0.05) is 11.8 Å². The summed E-state index contributed by atoms with van der Waals surface area (Å²) in [7, 11) is 0.